The van der Waals surface area contributed by atoms with Crippen LogP contribution in [0.25, 0.3) is 0 Å². The van der Waals surface area contributed by atoms with Gasteiger partial charge in [0, 0.05) is 0 Å². The van der Waals surface area contributed by atoms with Crippen LogP contribution in [0, 0.1) is 11.8 Å². The van der Waals surface area contributed by atoms with Crippen LogP contribution < -0.4 is 0 Å². The van der Waals surface area contributed by atoms with E-state index >= 15 is 0 Å². The van der Waals surface area contributed by atoms with Crippen LogP contribution in [0.3, 0.4) is 0 Å². The van der Waals surface area contributed by atoms with Crippen molar-refractivity contribution in [3.8, 4) is 0 Å². The van der Waals surface area contributed by atoms with Crippen LogP contribution in [0.4, 0.5) is 0 Å². The quantitative estimate of drug-likeness (QED) is 0.560. The van der Waals surface area contributed by atoms with Crippen LogP contribution in [0.1, 0.15) is 19.4 Å². The second-order valence-electron chi connectivity index (χ2n) is 3.98. The van der Waals surface area contributed by atoms with Gasteiger partial charge in [-0.3, -0.25) is 4.79 Å². The van der Waals surface area contributed by atoms with E-state index in [9.17, 15) is 4.79 Å². The van der Waals surface area contributed by atoms with Crippen molar-refractivity contribution in [3.05, 3.63) is 48.6 Å². The van der Waals surface area contributed by atoms with Gasteiger partial charge in [-0.25, -0.2) is 0 Å². The van der Waals surface area contributed by atoms with Crippen molar-refractivity contribution in [2.75, 3.05) is 0 Å². The molecule has 0 aliphatic heterocycles. The number of allylic oxidation sites excluding steroid dienone is 1. The summed E-state index contributed by atoms with van der Waals surface area (Å²) in [5.41, 5.74) is 1.01. The maximum Gasteiger partial charge on any atom is 0.309 e. The molecule has 0 radical (unpaired) electrons. The van der Waals surface area contributed by atoms with Crippen molar-refractivity contribution < 1.29 is 9.53 Å². The van der Waals surface area contributed by atoms with Crippen molar-refractivity contribution in [2.24, 2.45) is 11.8 Å². The molecular weight excluding hydrogens is 200 g/mol. The van der Waals surface area contributed by atoms with Gasteiger partial charge in [0.1, 0.15) is 6.61 Å². The topological polar surface area (TPSA) is 26.3 Å². The minimum Gasteiger partial charge on any atom is -0.461 e. The Morgan fingerprint density at radius 2 is 2.00 bits per heavy atom. The molecule has 2 atom stereocenters. The number of esters is 1. The molecule has 1 rings (SSSR count). The molecule has 0 aliphatic carbocycles. The van der Waals surface area contributed by atoms with Gasteiger partial charge in [0.05, 0.1) is 5.92 Å². The lowest BCUT2D eigenvalue weighted by atomic mass is 9.96. The predicted molar refractivity (Wildman–Crippen MR) is 64.8 cm³/mol. The number of carbonyl (C=O) groups is 1. The Morgan fingerprint density at radius 3 is 2.56 bits per heavy atom. The SMILES string of the molecule is C=CC(C)C(C)C(=O)OCc1ccccc1. The summed E-state index contributed by atoms with van der Waals surface area (Å²) in [5, 5.41) is 0. The molecule has 0 fully saturated rings. The number of benzene rings is 1. The molecule has 0 saturated carbocycles. The van der Waals surface area contributed by atoms with E-state index in [1.807, 2.05) is 44.2 Å². The zero-order valence-corrected chi connectivity index (χ0v) is 9.85. The Hall–Kier alpha value is -1.57. The highest BCUT2D eigenvalue weighted by molar-refractivity contribution is 5.72. The van der Waals surface area contributed by atoms with E-state index in [-0.39, 0.29) is 17.8 Å². The first-order valence-corrected chi connectivity index (χ1v) is 5.48. The van der Waals surface area contributed by atoms with Crippen molar-refractivity contribution in [1.82, 2.24) is 0 Å². The van der Waals surface area contributed by atoms with Crippen LogP contribution in [-0.4, -0.2) is 5.97 Å². The maximum absolute atomic E-state index is 11.6. The second-order valence-corrected chi connectivity index (χ2v) is 3.98. The second kappa shape index (κ2) is 6.11. The monoisotopic (exact) mass is 218 g/mol. The number of hydrogen-bond donors (Lipinski definition) is 0. The molecule has 0 aliphatic rings. The van der Waals surface area contributed by atoms with E-state index in [1.165, 1.54) is 0 Å². The van der Waals surface area contributed by atoms with Crippen molar-refractivity contribution >= 4 is 5.97 Å². The number of carbonyl (C=O) groups excluding carboxylic acids is 1. The summed E-state index contributed by atoms with van der Waals surface area (Å²) in [4.78, 5) is 11.6. The Labute approximate surface area is 96.9 Å². The Bertz CT molecular complexity index is 343. The number of hydrogen-bond acceptors (Lipinski definition) is 2. The van der Waals surface area contributed by atoms with E-state index in [1.54, 1.807) is 6.08 Å². The van der Waals surface area contributed by atoms with Crippen LogP contribution in [0.5, 0.6) is 0 Å². The van der Waals surface area contributed by atoms with E-state index in [0.717, 1.165) is 5.56 Å². The van der Waals surface area contributed by atoms with Crippen LogP contribution >= 0.6 is 0 Å². The minimum atomic E-state index is -0.170. The lowest BCUT2D eigenvalue weighted by Gasteiger charge is -2.15. The van der Waals surface area contributed by atoms with Gasteiger partial charge in [0.2, 0.25) is 0 Å². The van der Waals surface area contributed by atoms with Gasteiger partial charge in [-0.1, -0.05) is 50.3 Å². The summed E-state index contributed by atoms with van der Waals surface area (Å²) >= 11 is 0. The molecular formula is C14H18O2. The molecule has 1 aromatic carbocycles. The molecule has 16 heavy (non-hydrogen) atoms. The van der Waals surface area contributed by atoms with E-state index in [4.69, 9.17) is 4.74 Å². The van der Waals surface area contributed by atoms with Crippen LogP contribution in [0.15, 0.2) is 43.0 Å². The van der Waals surface area contributed by atoms with Gasteiger partial charge in [0.15, 0.2) is 0 Å². The molecule has 2 nitrogen and oxygen atoms in total. The molecule has 0 amide bonds. The third-order valence-electron chi connectivity index (χ3n) is 2.76. The van der Waals surface area contributed by atoms with Gasteiger partial charge in [-0.05, 0) is 11.5 Å². The molecule has 0 heterocycles. The van der Waals surface area contributed by atoms with Crippen molar-refractivity contribution in [1.29, 1.82) is 0 Å². The Morgan fingerprint density at radius 1 is 1.38 bits per heavy atom. The normalized spacial score (nSPS) is 13.9. The summed E-state index contributed by atoms with van der Waals surface area (Å²) < 4.78 is 5.23. The first-order chi connectivity index (χ1) is 7.65. The first-order valence-electron chi connectivity index (χ1n) is 5.48. The molecule has 2 heteroatoms. The molecule has 0 spiro atoms. The van der Waals surface area contributed by atoms with Crippen LogP contribution in [0.2, 0.25) is 0 Å². The highest BCUT2D eigenvalue weighted by atomic mass is 16.5. The minimum absolute atomic E-state index is 0.138. The van der Waals surface area contributed by atoms with Crippen molar-refractivity contribution in [3.63, 3.8) is 0 Å². The fraction of sp³-hybridized carbons (Fsp3) is 0.357. The van der Waals surface area contributed by atoms with Gasteiger partial charge in [-0.2, -0.15) is 0 Å². The lowest BCUT2D eigenvalue weighted by Crippen LogP contribution is -2.20. The third kappa shape index (κ3) is 3.54. The largest absolute Gasteiger partial charge is 0.461 e. The maximum atomic E-state index is 11.6. The van der Waals surface area contributed by atoms with Crippen molar-refractivity contribution in [2.45, 2.75) is 20.5 Å². The van der Waals surface area contributed by atoms with Gasteiger partial charge in [0.25, 0.3) is 0 Å². The smallest absolute Gasteiger partial charge is 0.309 e. The molecule has 2 unspecified atom stereocenters. The predicted octanol–water partition coefficient (Wildman–Crippen LogP) is 3.19. The standard InChI is InChI=1S/C14H18O2/c1-4-11(2)12(3)14(15)16-10-13-8-6-5-7-9-13/h4-9,11-12H,1,10H2,2-3H3. The molecule has 0 N–H and O–H groups in total. The van der Waals surface area contributed by atoms with Gasteiger partial charge < -0.3 is 4.74 Å². The molecule has 86 valence electrons. The number of ether oxygens (including phenoxy) is 1. The molecule has 0 saturated heterocycles. The zero-order chi connectivity index (χ0) is 12.0. The molecule has 1 aromatic rings. The van der Waals surface area contributed by atoms with Gasteiger partial charge in [-0.15, -0.1) is 6.58 Å². The van der Waals surface area contributed by atoms with Crippen LogP contribution in [-0.2, 0) is 16.1 Å². The summed E-state index contributed by atoms with van der Waals surface area (Å²) in [6.07, 6.45) is 1.77. The van der Waals surface area contributed by atoms with E-state index in [0.29, 0.717) is 6.61 Å². The summed E-state index contributed by atoms with van der Waals surface area (Å²) in [7, 11) is 0. The number of rotatable bonds is 5. The third-order valence-corrected chi connectivity index (χ3v) is 2.76. The average molecular weight is 218 g/mol. The lowest BCUT2D eigenvalue weighted by molar-refractivity contribution is -0.150. The zero-order valence-electron chi connectivity index (χ0n) is 9.85. The highest BCUT2D eigenvalue weighted by Gasteiger charge is 2.19. The Kier molecular flexibility index (Phi) is 4.77. The average Bonchev–Trinajstić information content (AvgIpc) is 2.35. The van der Waals surface area contributed by atoms with Gasteiger partial charge >= 0.3 is 5.97 Å². The summed E-state index contributed by atoms with van der Waals surface area (Å²) in [6, 6.07) is 9.68. The summed E-state index contributed by atoms with van der Waals surface area (Å²) in [6.45, 7) is 7.84. The molecule has 0 bridgehead atoms. The fourth-order valence-corrected chi connectivity index (χ4v) is 1.28. The summed E-state index contributed by atoms with van der Waals surface area (Å²) in [5.74, 6) is -0.166. The highest BCUT2D eigenvalue weighted by Crippen LogP contribution is 2.14. The molecule has 0 aromatic heterocycles. The van der Waals surface area contributed by atoms with E-state index in [2.05, 4.69) is 6.58 Å². The Balaban J connectivity index is 2.44. The fourth-order valence-electron chi connectivity index (χ4n) is 1.28. The first kappa shape index (κ1) is 12.5. The van der Waals surface area contributed by atoms with E-state index < -0.39 is 0 Å².